The van der Waals surface area contributed by atoms with Gasteiger partial charge in [0.2, 0.25) is 0 Å². The molecular formula is C26H24ClN3O5. The van der Waals surface area contributed by atoms with Crippen LogP contribution < -0.4 is 15.4 Å². The highest BCUT2D eigenvalue weighted by Crippen LogP contribution is 2.27. The molecule has 180 valence electrons. The van der Waals surface area contributed by atoms with Gasteiger partial charge in [-0.05, 0) is 53.6 Å². The number of nitrogens with zero attached hydrogens (tertiary/aromatic N) is 2. The monoisotopic (exact) mass is 493 g/mol. The van der Waals surface area contributed by atoms with Gasteiger partial charge >= 0.3 is 12.1 Å². The van der Waals surface area contributed by atoms with Crippen LogP contribution in [0.2, 0.25) is 5.02 Å². The van der Waals surface area contributed by atoms with E-state index in [1.165, 1.54) is 4.90 Å². The standard InChI is InChI=1S/C26H24ClN3O5/c27-20-8-11-23(19(13-20)12-17-4-2-1-3-5-17)34-16-22-15-30(26(33)35-22)21-9-6-18(7-10-21)25(28)29-14-24(31)32/h1-11,13,22H,12,14-16H2,(H2,28,29)(H,31,32). The largest absolute Gasteiger partial charge is 0.489 e. The van der Waals surface area contributed by atoms with Gasteiger partial charge in [0, 0.05) is 22.7 Å². The fourth-order valence-electron chi connectivity index (χ4n) is 3.70. The van der Waals surface area contributed by atoms with Gasteiger partial charge in [0.25, 0.3) is 0 Å². The van der Waals surface area contributed by atoms with Gasteiger partial charge < -0.3 is 20.3 Å². The molecule has 0 aromatic heterocycles. The summed E-state index contributed by atoms with van der Waals surface area (Å²) >= 11 is 6.21. The molecule has 1 atom stereocenters. The van der Waals surface area contributed by atoms with Crippen LogP contribution in [0.25, 0.3) is 0 Å². The Morgan fingerprint density at radius 1 is 1.14 bits per heavy atom. The Labute approximate surface area is 207 Å². The predicted molar refractivity (Wildman–Crippen MR) is 133 cm³/mol. The van der Waals surface area contributed by atoms with Crippen molar-refractivity contribution in [1.29, 1.82) is 0 Å². The number of carboxylic acids is 1. The highest BCUT2D eigenvalue weighted by molar-refractivity contribution is 6.30. The summed E-state index contributed by atoms with van der Waals surface area (Å²) in [5.41, 5.74) is 9.09. The lowest BCUT2D eigenvalue weighted by atomic mass is 10.0. The molecular weight excluding hydrogens is 470 g/mol. The van der Waals surface area contributed by atoms with Gasteiger partial charge in [-0.15, -0.1) is 0 Å². The molecule has 0 radical (unpaired) electrons. The highest BCUT2D eigenvalue weighted by Gasteiger charge is 2.33. The van der Waals surface area contributed by atoms with Crippen molar-refractivity contribution < 1.29 is 24.2 Å². The van der Waals surface area contributed by atoms with Crippen LogP contribution in [0.5, 0.6) is 5.75 Å². The number of hydrogen-bond donors (Lipinski definition) is 2. The Hall–Kier alpha value is -4.04. The number of cyclic esters (lactones) is 1. The van der Waals surface area contributed by atoms with Crippen LogP contribution in [-0.2, 0) is 16.0 Å². The molecule has 3 aromatic carbocycles. The van der Waals surface area contributed by atoms with Gasteiger partial charge in [-0.2, -0.15) is 0 Å². The SMILES string of the molecule is NC(=NCC(=O)O)c1ccc(N2CC(COc3ccc(Cl)cc3Cc3ccccc3)OC2=O)cc1. The summed E-state index contributed by atoms with van der Waals surface area (Å²) in [5, 5.41) is 9.35. The highest BCUT2D eigenvalue weighted by atomic mass is 35.5. The molecule has 9 heteroatoms. The Morgan fingerprint density at radius 3 is 2.60 bits per heavy atom. The van der Waals surface area contributed by atoms with E-state index >= 15 is 0 Å². The van der Waals surface area contributed by atoms with Crippen molar-refractivity contribution in [3.63, 3.8) is 0 Å². The summed E-state index contributed by atoms with van der Waals surface area (Å²) < 4.78 is 11.5. The van der Waals surface area contributed by atoms with E-state index < -0.39 is 24.7 Å². The molecule has 0 spiro atoms. The van der Waals surface area contributed by atoms with E-state index in [0.29, 0.717) is 35.0 Å². The average molecular weight is 494 g/mol. The Kier molecular flexibility index (Phi) is 7.52. The molecule has 1 amide bonds. The molecule has 1 fully saturated rings. The second-order valence-electron chi connectivity index (χ2n) is 7.98. The van der Waals surface area contributed by atoms with E-state index in [2.05, 4.69) is 4.99 Å². The fourth-order valence-corrected chi connectivity index (χ4v) is 3.90. The van der Waals surface area contributed by atoms with Crippen LogP contribution in [0.3, 0.4) is 0 Å². The summed E-state index contributed by atoms with van der Waals surface area (Å²) in [6.07, 6.45) is -0.262. The van der Waals surface area contributed by atoms with Gasteiger partial charge in [0.05, 0.1) is 6.54 Å². The van der Waals surface area contributed by atoms with E-state index in [0.717, 1.165) is 11.1 Å². The third kappa shape index (κ3) is 6.30. The molecule has 8 nitrogen and oxygen atoms in total. The molecule has 3 N–H and O–H groups in total. The average Bonchev–Trinajstić information content (AvgIpc) is 3.23. The van der Waals surface area contributed by atoms with Crippen LogP contribution in [0.15, 0.2) is 77.8 Å². The summed E-state index contributed by atoms with van der Waals surface area (Å²) in [5.74, 6) is -0.264. The lowest BCUT2D eigenvalue weighted by Gasteiger charge is -2.15. The van der Waals surface area contributed by atoms with E-state index in [9.17, 15) is 9.59 Å². The Morgan fingerprint density at radius 2 is 1.89 bits per heavy atom. The molecule has 0 bridgehead atoms. The van der Waals surface area contributed by atoms with E-state index in [1.807, 2.05) is 42.5 Å². The third-order valence-corrected chi connectivity index (χ3v) is 5.65. The van der Waals surface area contributed by atoms with Crippen molar-refractivity contribution in [2.24, 2.45) is 10.7 Å². The smallest absolute Gasteiger partial charge is 0.414 e. The maximum absolute atomic E-state index is 12.5. The van der Waals surface area contributed by atoms with Crippen molar-refractivity contribution in [1.82, 2.24) is 0 Å². The summed E-state index contributed by atoms with van der Waals surface area (Å²) in [6.45, 7) is 0.106. The maximum Gasteiger partial charge on any atom is 0.414 e. The number of aliphatic imine (C=N–C) groups is 1. The number of aliphatic carboxylic acids is 1. The first-order valence-corrected chi connectivity index (χ1v) is 11.3. The van der Waals surface area contributed by atoms with Gasteiger partial charge in [-0.1, -0.05) is 41.9 Å². The molecule has 1 unspecified atom stereocenters. The van der Waals surface area contributed by atoms with Gasteiger partial charge in [0.15, 0.2) is 6.10 Å². The molecule has 1 aliphatic rings. The zero-order valence-corrected chi connectivity index (χ0v) is 19.5. The number of rotatable bonds is 9. The van der Waals surface area contributed by atoms with E-state index in [-0.39, 0.29) is 12.4 Å². The third-order valence-electron chi connectivity index (χ3n) is 5.42. The normalized spacial score (nSPS) is 15.7. The summed E-state index contributed by atoms with van der Waals surface area (Å²) in [4.78, 5) is 28.4. The van der Waals surface area contributed by atoms with Crippen molar-refractivity contribution >= 4 is 35.2 Å². The molecule has 0 aliphatic carbocycles. The number of nitrogens with two attached hydrogens (primary N) is 1. The lowest BCUT2D eigenvalue weighted by molar-refractivity contribution is -0.135. The van der Waals surface area contributed by atoms with Crippen molar-refractivity contribution in [3.05, 3.63) is 94.5 Å². The zero-order chi connectivity index (χ0) is 24.8. The van der Waals surface area contributed by atoms with Crippen LogP contribution in [0.4, 0.5) is 10.5 Å². The molecule has 0 saturated carbocycles. The van der Waals surface area contributed by atoms with E-state index in [4.69, 9.17) is 31.9 Å². The summed E-state index contributed by atoms with van der Waals surface area (Å²) in [7, 11) is 0. The number of carbonyl (C=O) groups is 2. The second-order valence-corrected chi connectivity index (χ2v) is 8.42. The Bertz CT molecular complexity index is 1230. The van der Waals surface area contributed by atoms with Gasteiger partial charge in [-0.3, -0.25) is 14.7 Å². The number of carboxylic acid groups (broad SMARTS) is 1. The number of anilines is 1. The Balaban J connectivity index is 1.39. The number of amides is 1. The number of carbonyl (C=O) groups excluding carboxylic acids is 1. The first-order chi connectivity index (χ1) is 16.9. The van der Waals surface area contributed by atoms with Crippen LogP contribution in [0.1, 0.15) is 16.7 Å². The van der Waals surface area contributed by atoms with Crippen LogP contribution in [-0.4, -0.2) is 48.8 Å². The van der Waals surface area contributed by atoms with Crippen LogP contribution >= 0.6 is 11.6 Å². The molecule has 35 heavy (non-hydrogen) atoms. The van der Waals surface area contributed by atoms with Crippen molar-refractivity contribution in [3.8, 4) is 5.75 Å². The minimum Gasteiger partial charge on any atom is -0.489 e. The van der Waals surface area contributed by atoms with Gasteiger partial charge in [-0.25, -0.2) is 4.79 Å². The second kappa shape index (κ2) is 10.9. The minimum absolute atomic E-state index is 0.114. The number of ether oxygens (including phenoxy) is 2. The molecule has 4 rings (SSSR count). The summed E-state index contributed by atoms with van der Waals surface area (Å²) in [6, 6.07) is 22.3. The van der Waals surface area contributed by atoms with Crippen molar-refractivity contribution in [2.75, 3.05) is 24.6 Å². The molecule has 1 aliphatic heterocycles. The molecule has 3 aromatic rings. The number of benzene rings is 3. The maximum atomic E-state index is 12.5. The number of amidine groups is 1. The van der Waals surface area contributed by atoms with Crippen molar-refractivity contribution in [2.45, 2.75) is 12.5 Å². The first kappa shape index (κ1) is 24.1. The van der Waals surface area contributed by atoms with Crippen LogP contribution in [0, 0.1) is 0 Å². The van der Waals surface area contributed by atoms with E-state index in [1.54, 1.807) is 30.3 Å². The minimum atomic E-state index is -1.07. The molecule has 1 heterocycles. The topological polar surface area (TPSA) is 114 Å². The van der Waals surface area contributed by atoms with Gasteiger partial charge in [0.1, 0.15) is 24.7 Å². The molecule has 1 saturated heterocycles. The zero-order valence-electron chi connectivity index (χ0n) is 18.8. The lowest BCUT2D eigenvalue weighted by Crippen LogP contribution is -2.26. The quantitative estimate of drug-likeness (QED) is 0.342. The predicted octanol–water partition coefficient (Wildman–Crippen LogP) is 4.12. The number of halogens is 1. The number of hydrogen-bond acceptors (Lipinski definition) is 5. The first-order valence-electron chi connectivity index (χ1n) is 10.9. The fraction of sp³-hybridized carbons (Fsp3) is 0.192.